The molecule has 0 saturated heterocycles. The van der Waals surface area contributed by atoms with E-state index in [-0.39, 0.29) is 18.3 Å². The number of aliphatic hydroxyl groups is 1. The van der Waals surface area contributed by atoms with Gasteiger partial charge in [-0.3, -0.25) is 14.9 Å². The van der Waals surface area contributed by atoms with Gasteiger partial charge in [-0.25, -0.2) is 0 Å². The third kappa shape index (κ3) is 3.59. The molecule has 2 N–H and O–H groups in total. The average Bonchev–Trinajstić information content (AvgIpc) is 3.36. The van der Waals surface area contributed by atoms with Crippen LogP contribution in [0.1, 0.15) is 15.9 Å². The second-order valence-electron chi connectivity index (χ2n) is 7.47. The number of hydrogen-bond donors (Lipinski definition) is 2. The lowest BCUT2D eigenvalue weighted by atomic mass is 9.90. The Balaban J connectivity index is 1.53. The number of carbonyl (C=O) groups excluding carboxylic acids is 1. The number of aromatic nitrogens is 4. The highest BCUT2D eigenvalue weighted by Crippen LogP contribution is 2.34. The Morgan fingerprint density at radius 2 is 2.16 bits per heavy atom. The van der Waals surface area contributed by atoms with E-state index in [0.717, 1.165) is 22.2 Å². The molecular formula is C22H18Cl2N4O3. The van der Waals surface area contributed by atoms with Crippen LogP contribution < -0.4 is 4.74 Å². The summed E-state index contributed by atoms with van der Waals surface area (Å²) in [5.74, 6) is 0.407. The van der Waals surface area contributed by atoms with Gasteiger partial charge >= 0.3 is 0 Å². The number of nitrogens with one attached hydrogen (secondary N) is 1. The number of ether oxygens (including phenoxy) is 1. The molecule has 1 atom stereocenters. The molecule has 5 rings (SSSR count). The summed E-state index contributed by atoms with van der Waals surface area (Å²) >= 11 is 12.3. The zero-order chi connectivity index (χ0) is 21.5. The predicted octanol–water partition coefficient (Wildman–Crippen LogP) is 4.16. The van der Waals surface area contributed by atoms with Crippen LogP contribution in [0.2, 0.25) is 10.2 Å². The molecule has 0 aliphatic carbocycles. The Kier molecular flexibility index (Phi) is 5.17. The smallest absolute Gasteiger partial charge is 0.171 e. The molecule has 0 spiro atoms. The van der Waals surface area contributed by atoms with Crippen LogP contribution in [0.15, 0.2) is 42.9 Å². The SMILES string of the molecule is O=C(c1cn(CCO)c2cc(-c3cn[nH]c3Cl)ncc12)C1COc2ccc(Cl)cc2C1. The number of carbonyl (C=O) groups is 1. The van der Waals surface area contributed by atoms with Crippen molar-refractivity contribution in [2.75, 3.05) is 13.2 Å². The van der Waals surface area contributed by atoms with Crippen molar-refractivity contribution < 1.29 is 14.6 Å². The molecule has 0 radical (unpaired) electrons. The third-order valence-corrected chi connectivity index (χ3v) is 6.06. The zero-order valence-corrected chi connectivity index (χ0v) is 17.8. The first-order valence-corrected chi connectivity index (χ1v) is 10.5. The standard InChI is InChI=1S/C22H18Cl2N4O3/c23-14-1-2-20-12(6-14)5-13(11-31-20)21(30)17-10-28(3-4-29)19-7-18(25-8-15(17)19)16-9-26-27-22(16)24/h1-2,6-10,13,29H,3-5,11H2,(H,26,27). The van der Waals surface area contributed by atoms with E-state index in [1.165, 1.54) is 0 Å². The van der Waals surface area contributed by atoms with Crippen molar-refractivity contribution >= 4 is 39.9 Å². The fourth-order valence-electron chi connectivity index (χ4n) is 4.02. The average molecular weight is 457 g/mol. The maximum atomic E-state index is 13.4. The van der Waals surface area contributed by atoms with Gasteiger partial charge in [0, 0.05) is 34.9 Å². The van der Waals surface area contributed by atoms with Gasteiger partial charge in [-0.15, -0.1) is 0 Å². The molecule has 4 heterocycles. The minimum absolute atomic E-state index is 0.0248. The maximum Gasteiger partial charge on any atom is 0.171 e. The molecule has 1 aliphatic rings. The number of pyridine rings is 1. The second-order valence-corrected chi connectivity index (χ2v) is 8.29. The van der Waals surface area contributed by atoms with Crippen LogP contribution in [-0.2, 0) is 13.0 Å². The number of rotatable bonds is 5. The van der Waals surface area contributed by atoms with Crippen molar-refractivity contribution in [1.82, 2.24) is 19.7 Å². The summed E-state index contributed by atoms with van der Waals surface area (Å²) < 4.78 is 7.67. The number of hydrogen-bond acceptors (Lipinski definition) is 5. The molecule has 7 nitrogen and oxygen atoms in total. The first-order chi connectivity index (χ1) is 15.0. The summed E-state index contributed by atoms with van der Waals surface area (Å²) in [5, 5.41) is 17.9. The second kappa shape index (κ2) is 8.00. The summed E-state index contributed by atoms with van der Waals surface area (Å²) in [4.78, 5) is 17.9. The van der Waals surface area contributed by atoms with Crippen LogP contribution in [-0.4, -0.2) is 43.9 Å². The highest BCUT2D eigenvalue weighted by molar-refractivity contribution is 6.32. The van der Waals surface area contributed by atoms with Gasteiger partial charge in [-0.05, 0) is 36.2 Å². The number of ketones is 1. The first-order valence-electron chi connectivity index (χ1n) is 9.79. The van der Waals surface area contributed by atoms with E-state index in [1.807, 2.05) is 22.8 Å². The number of benzene rings is 1. The zero-order valence-electron chi connectivity index (χ0n) is 16.3. The minimum Gasteiger partial charge on any atom is -0.493 e. The number of fused-ring (bicyclic) bond motifs is 2. The minimum atomic E-state index is -0.331. The van der Waals surface area contributed by atoms with E-state index < -0.39 is 0 Å². The highest BCUT2D eigenvalue weighted by atomic mass is 35.5. The third-order valence-electron chi connectivity index (χ3n) is 5.54. The molecule has 1 unspecified atom stereocenters. The number of aromatic amines is 1. The van der Waals surface area contributed by atoms with Gasteiger partial charge in [-0.1, -0.05) is 23.2 Å². The molecule has 9 heteroatoms. The summed E-state index contributed by atoms with van der Waals surface area (Å²) in [6.45, 7) is 0.599. The van der Waals surface area contributed by atoms with Crippen LogP contribution in [0.3, 0.4) is 0 Å². The number of aliphatic hydroxyl groups excluding tert-OH is 1. The quantitative estimate of drug-likeness (QED) is 0.439. The molecule has 0 saturated carbocycles. The van der Waals surface area contributed by atoms with Crippen LogP contribution >= 0.6 is 23.2 Å². The van der Waals surface area contributed by atoms with Crippen molar-refractivity contribution in [2.24, 2.45) is 5.92 Å². The molecule has 1 aliphatic heterocycles. The Hall–Kier alpha value is -2.87. The van der Waals surface area contributed by atoms with E-state index >= 15 is 0 Å². The fourth-order valence-corrected chi connectivity index (χ4v) is 4.41. The molecule has 0 bridgehead atoms. The first kappa shape index (κ1) is 20.1. The van der Waals surface area contributed by atoms with Gasteiger partial charge in [0.2, 0.25) is 0 Å². The van der Waals surface area contributed by atoms with Crippen LogP contribution in [0, 0.1) is 5.92 Å². The lowest BCUT2D eigenvalue weighted by Gasteiger charge is -2.24. The van der Waals surface area contributed by atoms with E-state index in [2.05, 4.69) is 15.2 Å². The topological polar surface area (TPSA) is 93.0 Å². The summed E-state index contributed by atoms with van der Waals surface area (Å²) in [6.07, 6.45) is 5.60. The van der Waals surface area contributed by atoms with Gasteiger partial charge in [0.15, 0.2) is 5.78 Å². The highest BCUT2D eigenvalue weighted by Gasteiger charge is 2.29. The van der Waals surface area contributed by atoms with Crippen molar-refractivity contribution in [2.45, 2.75) is 13.0 Å². The van der Waals surface area contributed by atoms with E-state index in [9.17, 15) is 9.90 Å². The number of nitrogens with zero attached hydrogens (tertiary/aromatic N) is 3. The van der Waals surface area contributed by atoms with Crippen LogP contribution in [0.5, 0.6) is 5.75 Å². The van der Waals surface area contributed by atoms with Crippen LogP contribution in [0.25, 0.3) is 22.2 Å². The van der Waals surface area contributed by atoms with Gasteiger partial charge < -0.3 is 14.4 Å². The van der Waals surface area contributed by atoms with Crippen molar-refractivity contribution in [3.63, 3.8) is 0 Å². The van der Waals surface area contributed by atoms with E-state index in [4.69, 9.17) is 27.9 Å². The number of H-pyrrole nitrogens is 1. The van der Waals surface area contributed by atoms with Gasteiger partial charge in [0.1, 0.15) is 10.9 Å². The Morgan fingerprint density at radius 1 is 1.29 bits per heavy atom. The Labute approximate surface area is 187 Å². The van der Waals surface area contributed by atoms with E-state index in [0.29, 0.717) is 46.6 Å². The molecule has 3 aromatic heterocycles. The molecule has 1 aromatic carbocycles. The lowest BCUT2D eigenvalue weighted by molar-refractivity contribution is 0.0856. The number of Topliss-reactive ketones (excluding diaryl/α,β-unsaturated/α-hetero) is 1. The Morgan fingerprint density at radius 3 is 2.94 bits per heavy atom. The summed E-state index contributed by atoms with van der Waals surface area (Å²) in [5.41, 5.74) is 3.57. The Bertz CT molecular complexity index is 1300. The summed E-state index contributed by atoms with van der Waals surface area (Å²) in [7, 11) is 0. The summed E-state index contributed by atoms with van der Waals surface area (Å²) in [6, 6.07) is 7.30. The lowest BCUT2D eigenvalue weighted by Crippen LogP contribution is -2.28. The largest absolute Gasteiger partial charge is 0.493 e. The molecule has 0 amide bonds. The van der Waals surface area contributed by atoms with E-state index in [1.54, 1.807) is 24.7 Å². The maximum absolute atomic E-state index is 13.4. The van der Waals surface area contributed by atoms with Gasteiger partial charge in [0.25, 0.3) is 0 Å². The van der Waals surface area contributed by atoms with Gasteiger partial charge in [-0.2, -0.15) is 5.10 Å². The molecular weight excluding hydrogens is 439 g/mol. The van der Waals surface area contributed by atoms with Crippen molar-refractivity contribution in [3.8, 4) is 17.0 Å². The molecule has 0 fully saturated rings. The normalized spacial score (nSPS) is 15.6. The van der Waals surface area contributed by atoms with Crippen molar-refractivity contribution in [3.05, 3.63) is 64.2 Å². The van der Waals surface area contributed by atoms with Gasteiger partial charge in [0.05, 0.1) is 42.1 Å². The van der Waals surface area contributed by atoms with Crippen LogP contribution in [0.4, 0.5) is 0 Å². The van der Waals surface area contributed by atoms with Crippen molar-refractivity contribution in [1.29, 1.82) is 0 Å². The predicted molar refractivity (Wildman–Crippen MR) is 118 cm³/mol. The monoisotopic (exact) mass is 456 g/mol. The molecule has 31 heavy (non-hydrogen) atoms. The molecule has 158 valence electrons. The number of halogens is 2. The molecule has 4 aromatic rings. The fraction of sp³-hybridized carbons (Fsp3) is 0.227.